The van der Waals surface area contributed by atoms with Crippen LogP contribution in [0.4, 0.5) is 31.5 Å². The number of alkyl halides is 6. The highest BCUT2D eigenvalue weighted by Gasteiger charge is 2.47. The summed E-state index contributed by atoms with van der Waals surface area (Å²) >= 11 is 1.15. The standard InChI is InChI=1S/C30H25F6N3O5S/c1-41-27(40)15-9-22(43-30(34,35)36)25-23(10-15)45-28(37-25)39-12-16-8-17(39)11-21(16)42-13-19-24(38-44-26(19)14-6-7-14)18-4-2-3-5-20(18)29(31,32)33/h2-5,9-10,14,16-17,21H,6-8,11-13H2,1H3/t16-,17-,21+/m0/s1. The molecule has 0 spiro atoms. The van der Waals surface area contributed by atoms with Crippen LogP contribution < -0.4 is 9.64 Å². The van der Waals surface area contributed by atoms with Gasteiger partial charge >= 0.3 is 18.5 Å². The number of carbonyl (C=O) groups is 1. The first-order valence-corrected chi connectivity index (χ1v) is 15.0. The number of hydrogen-bond acceptors (Lipinski definition) is 9. The molecule has 4 aromatic rings. The van der Waals surface area contributed by atoms with E-state index in [0.29, 0.717) is 34.1 Å². The lowest BCUT2D eigenvalue weighted by molar-refractivity contribution is -0.274. The maximum Gasteiger partial charge on any atom is 0.573 e. The Morgan fingerprint density at radius 2 is 1.89 bits per heavy atom. The number of thiazole rings is 1. The highest BCUT2D eigenvalue weighted by atomic mass is 32.1. The van der Waals surface area contributed by atoms with E-state index in [2.05, 4.69) is 19.6 Å². The van der Waals surface area contributed by atoms with Crippen LogP contribution in [0, 0.1) is 5.92 Å². The highest BCUT2D eigenvalue weighted by Crippen LogP contribution is 2.48. The van der Waals surface area contributed by atoms with Crippen LogP contribution in [0.15, 0.2) is 40.9 Å². The van der Waals surface area contributed by atoms with Gasteiger partial charge in [0, 0.05) is 35.5 Å². The molecule has 2 saturated carbocycles. The SMILES string of the molecule is COC(=O)c1cc(OC(F)(F)F)c2nc(N3C[C@@H]4C[C@H]3C[C@H]4OCc3c(-c4ccccc4C(F)(F)F)noc3C3CC3)sc2c1. The van der Waals surface area contributed by atoms with Crippen molar-refractivity contribution in [2.45, 2.75) is 62.9 Å². The van der Waals surface area contributed by atoms with Gasteiger partial charge in [0.1, 0.15) is 17.0 Å². The van der Waals surface area contributed by atoms with E-state index in [-0.39, 0.29) is 52.9 Å². The van der Waals surface area contributed by atoms with Crippen molar-refractivity contribution in [1.82, 2.24) is 10.1 Å². The number of ether oxygens (including phenoxy) is 3. The highest BCUT2D eigenvalue weighted by molar-refractivity contribution is 7.22. The van der Waals surface area contributed by atoms with Crippen LogP contribution >= 0.6 is 11.3 Å². The van der Waals surface area contributed by atoms with Crippen molar-refractivity contribution in [1.29, 1.82) is 0 Å². The molecule has 8 nitrogen and oxygen atoms in total. The number of fused-ring (bicyclic) bond motifs is 3. The largest absolute Gasteiger partial charge is 0.573 e. The minimum Gasteiger partial charge on any atom is -0.465 e. The quantitative estimate of drug-likeness (QED) is 0.141. The van der Waals surface area contributed by atoms with Crippen molar-refractivity contribution >= 4 is 32.7 Å². The third kappa shape index (κ3) is 5.71. The Balaban J connectivity index is 1.10. The third-order valence-electron chi connectivity index (χ3n) is 8.51. The lowest BCUT2D eigenvalue weighted by Gasteiger charge is -2.31. The summed E-state index contributed by atoms with van der Waals surface area (Å²) in [5.41, 5.74) is -0.296. The smallest absolute Gasteiger partial charge is 0.465 e. The molecule has 0 N–H and O–H groups in total. The first-order chi connectivity index (χ1) is 21.4. The van der Waals surface area contributed by atoms with Gasteiger partial charge in [-0.2, -0.15) is 13.2 Å². The van der Waals surface area contributed by atoms with Gasteiger partial charge in [-0.3, -0.25) is 0 Å². The van der Waals surface area contributed by atoms with Crippen LogP contribution in [0.3, 0.4) is 0 Å². The Labute approximate surface area is 255 Å². The summed E-state index contributed by atoms with van der Waals surface area (Å²) in [6.07, 6.45) is -6.66. The normalized spacial score (nSPS) is 21.6. The Kier molecular flexibility index (Phi) is 7.23. The molecule has 7 rings (SSSR count). The van der Waals surface area contributed by atoms with E-state index < -0.39 is 29.8 Å². The third-order valence-corrected chi connectivity index (χ3v) is 9.55. The second kappa shape index (κ2) is 10.9. The van der Waals surface area contributed by atoms with Gasteiger partial charge in [-0.15, -0.1) is 13.2 Å². The van der Waals surface area contributed by atoms with E-state index >= 15 is 0 Å². The minimum atomic E-state index is -4.98. The summed E-state index contributed by atoms with van der Waals surface area (Å²) in [5, 5.41) is 4.55. The molecule has 2 aliphatic carbocycles. The fraction of sp³-hybridized carbons (Fsp3) is 0.433. The van der Waals surface area contributed by atoms with E-state index in [1.54, 1.807) is 0 Å². The molecular weight excluding hydrogens is 628 g/mol. The lowest BCUT2D eigenvalue weighted by Crippen LogP contribution is -2.38. The molecule has 0 radical (unpaired) electrons. The topological polar surface area (TPSA) is 86.9 Å². The lowest BCUT2D eigenvalue weighted by atomic mass is 9.99. The van der Waals surface area contributed by atoms with Crippen LogP contribution in [-0.2, 0) is 22.3 Å². The summed E-state index contributed by atoms with van der Waals surface area (Å²) < 4.78 is 102. The fourth-order valence-electron chi connectivity index (χ4n) is 6.36. The number of benzene rings is 2. The van der Waals surface area contributed by atoms with E-state index in [9.17, 15) is 31.1 Å². The molecule has 3 aliphatic rings. The number of rotatable bonds is 8. The Hall–Kier alpha value is -3.85. The van der Waals surface area contributed by atoms with E-state index in [1.165, 1.54) is 24.3 Å². The van der Waals surface area contributed by atoms with Gasteiger partial charge in [-0.25, -0.2) is 9.78 Å². The van der Waals surface area contributed by atoms with Gasteiger partial charge in [0.15, 0.2) is 10.9 Å². The average Bonchev–Trinajstić information content (AvgIpc) is 3.31. The number of esters is 1. The molecule has 3 fully saturated rings. The van der Waals surface area contributed by atoms with E-state index in [0.717, 1.165) is 49.8 Å². The maximum atomic E-state index is 13.8. The summed E-state index contributed by atoms with van der Waals surface area (Å²) in [6, 6.07) is 7.65. The van der Waals surface area contributed by atoms with Crippen LogP contribution in [-0.4, -0.2) is 48.3 Å². The number of aromatic nitrogens is 2. The molecule has 2 aromatic heterocycles. The van der Waals surface area contributed by atoms with Crippen molar-refractivity contribution < 1.29 is 49.9 Å². The summed E-state index contributed by atoms with van der Waals surface area (Å²) in [5.74, 6) is -0.667. The van der Waals surface area contributed by atoms with Crippen molar-refractivity contribution in [2.75, 3.05) is 18.6 Å². The molecular formula is C30H25F6N3O5S. The van der Waals surface area contributed by atoms with Crippen LogP contribution in [0.25, 0.3) is 21.5 Å². The predicted molar refractivity (Wildman–Crippen MR) is 149 cm³/mol. The van der Waals surface area contributed by atoms with Gasteiger partial charge in [-0.1, -0.05) is 34.7 Å². The van der Waals surface area contributed by atoms with Gasteiger partial charge in [0.05, 0.1) is 35.6 Å². The molecule has 15 heteroatoms. The van der Waals surface area contributed by atoms with Gasteiger partial charge in [0.2, 0.25) is 0 Å². The van der Waals surface area contributed by atoms with Gasteiger partial charge in [-0.05, 0) is 43.9 Å². The predicted octanol–water partition coefficient (Wildman–Crippen LogP) is 7.72. The molecule has 0 amide bonds. The summed E-state index contributed by atoms with van der Waals surface area (Å²) in [4.78, 5) is 18.6. The Morgan fingerprint density at radius 3 is 2.56 bits per heavy atom. The molecule has 2 bridgehead atoms. The number of halogens is 6. The molecule has 2 aromatic carbocycles. The Bertz CT molecular complexity index is 1760. The molecule has 3 atom stereocenters. The molecule has 1 saturated heterocycles. The van der Waals surface area contributed by atoms with Crippen molar-refractivity contribution in [3.63, 3.8) is 0 Å². The van der Waals surface area contributed by atoms with Gasteiger partial charge < -0.3 is 23.6 Å². The number of methoxy groups -OCH3 is 1. The second-order valence-electron chi connectivity index (χ2n) is 11.4. The molecule has 0 unspecified atom stereocenters. The molecule has 1 aliphatic heterocycles. The zero-order chi connectivity index (χ0) is 31.7. The number of piperidine rings is 1. The second-order valence-corrected chi connectivity index (χ2v) is 12.4. The number of anilines is 1. The zero-order valence-electron chi connectivity index (χ0n) is 23.6. The fourth-order valence-corrected chi connectivity index (χ4v) is 7.46. The van der Waals surface area contributed by atoms with E-state index in [4.69, 9.17) is 9.26 Å². The first kappa shape index (κ1) is 29.8. The molecule has 238 valence electrons. The average molecular weight is 654 g/mol. The zero-order valence-corrected chi connectivity index (χ0v) is 24.4. The number of hydrogen-bond donors (Lipinski definition) is 0. The van der Waals surface area contributed by atoms with E-state index in [1.807, 2.05) is 4.90 Å². The number of carbonyl (C=O) groups excluding carboxylic acids is 1. The summed E-state index contributed by atoms with van der Waals surface area (Å²) in [6.45, 7) is 0.567. The van der Waals surface area contributed by atoms with Crippen molar-refractivity contribution in [2.24, 2.45) is 5.92 Å². The van der Waals surface area contributed by atoms with Gasteiger partial charge in [0.25, 0.3) is 0 Å². The summed E-state index contributed by atoms with van der Waals surface area (Å²) in [7, 11) is 1.13. The van der Waals surface area contributed by atoms with Crippen molar-refractivity contribution in [3.8, 4) is 17.0 Å². The van der Waals surface area contributed by atoms with Crippen LogP contribution in [0.1, 0.15) is 58.8 Å². The maximum absolute atomic E-state index is 13.8. The molecule has 3 heterocycles. The van der Waals surface area contributed by atoms with Crippen LogP contribution in [0.5, 0.6) is 5.75 Å². The number of nitrogens with zero attached hydrogens (tertiary/aromatic N) is 3. The Morgan fingerprint density at radius 1 is 1.11 bits per heavy atom. The molecule has 45 heavy (non-hydrogen) atoms. The van der Waals surface area contributed by atoms with Crippen LogP contribution in [0.2, 0.25) is 0 Å². The van der Waals surface area contributed by atoms with Crippen molar-refractivity contribution in [3.05, 3.63) is 58.8 Å². The monoisotopic (exact) mass is 653 g/mol. The minimum absolute atomic E-state index is 0.0107. The first-order valence-electron chi connectivity index (χ1n) is 14.2.